The van der Waals surface area contributed by atoms with Gasteiger partial charge in [0.1, 0.15) is 0 Å². The topological polar surface area (TPSA) is 26.3 Å². The molecule has 0 N–H and O–H groups in total. The van der Waals surface area contributed by atoms with Crippen LogP contribution < -0.4 is 0 Å². The molecule has 14 heavy (non-hydrogen) atoms. The molecule has 0 saturated carbocycles. The van der Waals surface area contributed by atoms with E-state index in [2.05, 4.69) is 29.5 Å². The summed E-state index contributed by atoms with van der Waals surface area (Å²) in [6.45, 7) is 2.90. The molecule has 0 spiro atoms. The van der Waals surface area contributed by atoms with Crippen molar-refractivity contribution in [1.29, 1.82) is 0 Å². The maximum atomic E-state index is 10.9. The largest absolute Gasteiger partial charge is 0.465 e. The van der Waals surface area contributed by atoms with E-state index in [4.69, 9.17) is 4.74 Å². The van der Waals surface area contributed by atoms with Gasteiger partial charge in [0, 0.05) is 5.92 Å². The average molecular weight is 310 g/mol. The number of carbonyl (C=O) groups is 1. The first kappa shape index (κ1) is 12.3. The first-order valence-corrected chi connectivity index (χ1v) is 7.00. The van der Waals surface area contributed by atoms with E-state index >= 15 is 0 Å². The molecule has 0 aromatic rings. The van der Waals surface area contributed by atoms with Crippen molar-refractivity contribution in [1.82, 2.24) is 0 Å². The van der Waals surface area contributed by atoms with Crippen LogP contribution in [-0.2, 0) is 9.53 Å². The van der Waals surface area contributed by atoms with Crippen LogP contribution in [0, 0.1) is 11.8 Å². The summed E-state index contributed by atoms with van der Waals surface area (Å²) in [6.07, 6.45) is 5.68. The van der Waals surface area contributed by atoms with Crippen molar-refractivity contribution in [3.8, 4) is 0 Å². The van der Waals surface area contributed by atoms with Crippen LogP contribution in [0.3, 0.4) is 0 Å². The molecule has 1 heterocycles. The summed E-state index contributed by atoms with van der Waals surface area (Å²) >= 11 is 2.43. The standard InChI is InChI=1S/C11H19IO2/c1-2-3-9(4-5-12)6-10-7-11(13)14-8-10/h9-10H,2-8H2,1H3/t9?,10-/m1/s1. The SMILES string of the molecule is CCCC(CCI)C[C@H]1COC(=O)C1. The minimum Gasteiger partial charge on any atom is -0.465 e. The zero-order valence-electron chi connectivity index (χ0n) is 8.80. The number of esters is 1. The molecule has 1 unspecified atom stereocenters. The lowest BCUT2D eigenvalue weighted by atomic mass is 9.89. The lowest BCUT2D eigenvalue weighted by molar-refractivity contribution is -0.137. The van der Waals surface area contributed by atoms with Crippen molar-refractivity contribution in [2.45, 2.75) is 39.0 Å². The Morgan fingerprint density at radius 2 is 2.36 bits per heavy atom. The van der Waals surface area contributed by atoms with Gasteiger partial charge in [0.15, 0.2) is 0 Å². The molecule has 2 nitrogen and oxygen atoms in total. The Bertz CT molecular complexity index is 176. The van der Waals surface area contributed by atoms with Crippen molar-refractivity contribution in [3.63, 3.8) is 0 Å². The van der Waals surface area contributed by atoms with Crippen molar-refractivity contribution < 1.29 is 9.53 Å². The third kappa shape index (κ3) is 4.15. The van der Waals surface area contributed by atoms with Crippen LogP contribution in [0.2, 0.25) is 0 Å². The van der Waals surface area contributed by atoms with Crippen molar-refractivity contribution in [2.24, 2.45) is 11.8 Å². The fraction of sp³-hybridized carbons (Fsp3) is 0.909. The molecule has 1 rings (SSSR count). The molecule has 0 bridgehead atoms. The molecule has 1 fully saturated rings. The zero-order valence-corrected chi connectivity index (χ0v) is 11.0. The summed E-state index contributed by atoms with van der Waals surface area (Å²) < 4.78 is 6.21. The maximum Gasteiger partial charge on any atom is 0.306 e. The highest BCUT2D eigenvalue weighted by Crippen LogP contribution is 2.27. The predicted octanol–water partition coefficient (Wildman–Crippen LogP) is 3.18. The molecule has 0 amide bonds. The van der Waals surface area contributed by atoms with Crippen molar-refractivity contribution in [3.05, 3.63) is 0 Å². The molecule has 1 aliphatic rings. The van der Waals surface area contributed by atoms with Gasteiger partial charge in [-0.15, -0.1) is 0 Å². The molecule has 1 saturated heterocycles. The average Bonchev–Trinajstić information content (AvgIpc) is 2.52. The van der Waals surface area contributed by atoms with E-state index in [1.165, 1.54) is 30.1 Å². The van der Waals surface area contributed by atoms with Crippen LogP contribution in [0.5, 0.6) is 0 Å². The molecule has 0 aromatic carbocycles. The number of alkyl halides is 1. The van der Waals surface area contributed by atoms with Gasteiger partial charge in [-0.3, -0.25) is 4.79 Å². The summed E-state index contributed by atoms with van der Waals surface area (Å²) in [5, 5.41) is 0. The van der Waals surface area contributed by atoms with Crippen molar-refractivity contribution in [2.75, 3.05) is 11.0 Å². The Balaban J connectivity index is 2.27. The number of ether oxygens (including phenoxy) is 1. The van der Waals surface area contributed by atoms with Gasteiger partial charge < -0.3 is 4.74 Å². The van der Waals surface area contributed by atoms with Gasteiger partial charge >= 0.3 is 5.97 Å². The lowest BCUT2D eigenvalue weighted by Crippen LogP contribution is -2.09. The van der Waals surface area contributed by atoms with Gasteiger partial charge in [-0.1, -0.05) is 42.4 Å². The van der Waals surface area contributed by atoms with Gasteiger partial charge in [0.25, 0.3) is 0 Å². The van der Waals surface area contributed by atoms with E-state index in [1.807, 2.05) is 0 Å². The minimum atomic E-state index is -0.000257. The Morgan fingerprint density at radius 3 is 2.86 bits per heavy atom. The quantitative estimate of drug-likeness (QED) is 0.428. The molecule has 0 aromatic heterocycles. The number of carbonyl (C=O) groups excluding carboxylic acids is 1. The molecule has 0 aliphatic carbocycles. The van der Waals surface area contributed by atoms with Crippen LogP contribution in [0.25, 0.3) is 0 Å². The van der Waals surface area contributed by atoms with Gasteiger partial charge in [-0.05, 0) is 23.2 Å². The van der Waals surface area contributed by atoms with Crippen LogP contribution >= 0.6 is 22.6 Å². The minimum absolute atomic E-state index is 0.000257. The Hall–Kier alpha value is 0.200. The van der Waals surface area contributed by atoms with E-state index in [0.717, 1.165) is 5.92 Å². The van der Waals surface area contributed by atoms with Crippen LogP contribution in [-0.4, -0.2) is 17.0 Å². The fourth-order valence-electron chi connectivity index (χ4n) is 2.13. The van der Waals surface area contributed by atoms with Crippen LogP contribution in [0.15, 0.2) is 0 Å². The molecule has 3 heteroatoms. The highest BCUT2D eigenvalue weighted by atomic mass is 127. The second-order valence-corrected chi connectivity index (χ2v) is 5.20. The monoisotopic (exact) mass is 310 g/mol. The van der Waals surface area contributed by atoms with Gasteiger partial charge in [-0.2, -0.15) is 0 Å². The second-order valence-electron chi connectivity index (χ2n) is 4.12. The number of rotatable bonds is 6. The molecule has 2 atom stereocenters. The van der Waals surface area contributed by atoms with Gasteiger partial charge in [0.2, 0.25) is 0 Å². The van der Waals surface area contributed by atoms with Crippen LogP contribution in [0.4, 0.5) is 0 Å². The van der Waals surface area contributed by atoms with Crippen molar-refractivity contribution >= 4 is 28.6 Å². The normalized spacial score (nSPS) is 23.6. The summed E-state index contributed by atoms with van der Waals surface area (Å²) in [4.78, 5) is 10.9. The third-order valence-corrected chi connectivity index (χ3v) is 3.44. The predicted molar refractivity (Wildman–Crippen MR) is 65.6 cm³/mol. The Morgan fingerprint density at radius 1 is 1.57 bits per heavy atom. The molecule has 82 valence electrons. The summed E-state index contributed by atoms with van der Waals surface area (Å²) in [5.74, 6) is 1.30. The molecular weight excluding hydrogens is 291 g/mol. The van der Waals surface area contributed by atoms with Gasteiger partial charge in [0.05, 0.1) is 13.0 Å². The van der Waals surface area contributed by atoms with E-state index in [0.29, 0.717) is 18.9 Å². The number of cyclic esters (lactones) is 1. The zero-order chi connectivity index (χ0) is 10.4. The summed E-state index contributed by atoms with van der Waals surface area (Å²) in [6, 6.07) is 0. The first-order chi connectivity index (χ1) is 6.76. The van der Waals surface area contributed by atoms with Crippen LogP contribution in [0.1, 0.15) is 39.0 Å². The molecule has 0 radical (unpaired) electrons. The molecular formula is C11H19IO2. The highest BCUT2D eigenvalue weighted by molar-refractivity contribution is 14.1. The van der Waals surface area contributed by atoms with E-state index in [1.54, 1.807) is 0 Å². The number of hydrogen-bond acceptors (Lipinski definition) is 2. The Labute approximate surface area is 99.9 Å². The van der Waals surface area contributed by atoms with E-state index in [-0.39, 0.29) is 5.97 Å². The maximum absolute atomic E-state index is 10.9. The second kappa shape index (κ2) is 6.64. The van der Waals surface area contributed by atoms with E-state index < -0.39 is 0 Å². The van der Waals surface area contributed by atoms with Gasteiger partial charge in [-0.25, -0.2) is 0 Å². The van der Waals surface area contributed by atoms with E-state index in [9.17, 15) is 4.79 Å². The Kier molecular flexibility index (Phi) is 5.82. The lowest BCUT2D eigenvalue weighted by Gasteiger charge is -2.17. The molecule has 1 aliphatic heterocycles. The highest BCUT2D eigenvalue weighted by Gasteiger charge is 2.25. The smallest absolute Gasteiger partial charge is 0.306 e. The summed E-state index contributed by atoms with van der Waals surface area (Å²) in [7, 11) is 0. The third-order valence-electron chi connectivity index (χ3n) is 2.82. The number of halogens is 1. The first-order valence-electron chi connectivity index (χ1n) is 5.47. The number of hydrogen-bond donors (Lipinski definition) is 0. The summed E-state index contributed by atoms with van der Waals surface area (Å²) in [5.41, 5.74) is 0. The fourth-order valence-corrected chi connectivity index (χ4v) is 3.01.